The van der Waals surface area contributed by atoms with Crippen LogP contribution in [0.15, 0.2) is 30.3 Å². The SMILES string of the molecule is COc1ccc(CNc2ccc(F)c(F)c2F)cc1C#N. The van der Waals surface area contributed by atoms with Crippen LogP contribution in [-0.2, 0) is 6.54 Å². The van der Waals surface area contributed by atoms with Crippen LogP contribution in [0.3, 0.4) is 0 Å². The average molecular weight is 292 g/mol. The van der Waals surface area contributed by atoms with E-state index in [1.807, 2.05) is 6.07 Å². The van der Waals surface area contributed by atoms with Crippen molar-refractivity contribution in [1.29, 1.82) is 5.26 Å². The van der Waals surface area contributed by atoms with Crippen molar-refractivity contribution in [1.82, 2.24) is 0 Å². The highest BCUT2D eigenvalue weighted by Crippen LogP contribution is 2.22. The van der Waals surface area contributed by atoms with Crippen LogP contribution in [0.25, 0.3) is 0 Å². The Balaban J connectivity index is 2.17. The molecule has 21 heavy (non-hydrogen) atoms. The fraction of sp³-hybridized carbons (Fsp3) is 0.133. The second-order valence-electron chi connectivity index (χ2n) is 4.22. The average Bonchev–Trinajstić information content (AvgIpc) is 2.51. The predicted octanol–water partition coefficient (Wildman–Crippen LogP) is 3.60. The molecule has 0 fully saturated rings. The summed E-state index contributed by atoms with van der Waals surface area (Å²) in [6.45, 7) is 0.153. The number of hydrogen-bond acceptors (Lipinski definition) is 3. The first-order chi connectivity index (χ1) is 10.1. The third-order valence-electron chi connectivity index (χ3n) is 2.90. The molecule has 0 aliphatic carbocycles. The molecule has 1 N–H and O–H groups in total. The predicted molar refractivity (Wildman–Crippen MR) is 71.4 cm³/mol. The molecule has 0 spiro atoms. The molecule has 108 valence electrons. The van der Waals surface area contributed by atoms with Gasteiger partial charge in [-0.15, -0.1) is 0 Å². The topological polar surface area (TPSA) is 45.0 Å². The van der Waals surface area contributed by atoms with E-state index in [-0.39, 0.29) is 12.2 Å². The number of nitriles is 1. The van der Waals surface area contributed by atoms with Gasteiger partial charge in [-0.1, -0.05) is 6.07 Å². The van der Waals surface area contributed by atoms with Gasteiger partial charge in [-0.05, 0) is 29.8 Å². The van der Waals surface area contributed by atoms with Crippen LogP contribution in [0.4, 0.5) is 18.9 Å². The van der Waals surface area contributed by atoms with Crippen LogP contribution in [0, 0.1) is 28.8 Å². The van der Waals surface area contributed by atoms with Gasteiger partial charge in [-0.3, -0.25) is 0 Å². The summed E-state index contributed by atoms with van der Waals surface area (Å²) in [4.78, 5) is 0. The molecular formula is C15H11F3N2O. The van der Waals surface area contributed by atoms with Crippen molar-refractivity contribution < 1.29 is 17.9 Å². The van der Waals surface area contributed by atoms with Crippen LogP contribution in [-0.4, -0.2) is 7.11 Å². The molecule has 0 bridgehead atoms. The van der Waals surface area contributed by atoms with Crippen LogP contribution in [0.1, 0.15) is 11.1 Å². The number of benzene rings is 2. The molecule has 6 heteroatoms. The van der Waals surface area contributed by atoms with E-state index in [2.05, 4.69) is 5.32 Å². The zero-order valence-electron chi connectivity index (χ0n) is 11.1. The van der Waals surface area contributed by atoms with Crippen molar-refractivity contribution in [2.24, 2.45) is 0 Å². The number of nitrogens with zero attached hydrogens (tertiary/aromatic N) is 1. The zero-order valence-corrected chi connectivity index (χ0v) is 11.1. The Kier molecular flexibility index (Phi) is 4.33. The van der Waals surface area contributed by atoms with Crippen LogP contribution >= 0.6 is 0 Å². The third-order valence-corrected chi connectivity index (χ3v) is 2.90. The van der Waals surface area contributed by atoms with Gasteiger partial charge in [-0.25, -0.2) is 13.2 Å². The standard InChI is InChI=1S/C15H11F3N2O/c1-21-13-5-2-9(6-10(13)7-19)8-20-12-4-3-11(16)14(17)15(12)18/h2-6,20H,8H2,1H3. The maximum Gasteiger partial charge on any atom is 0.196 e. The molecule has 0 radical (unpaired) electrons. The Labute approximate surface area is 119 Å². The van der Waals surface area contributed by atoms with E-state index < -0.39 is 17.5 Å². The molecular weight excluding hydrogens is 281 g/mol. The number of methoxy groups -OCH3 is 1. The number of nitrogens with one attached hydrogen (secondary N) is 1. The van der Waals surface area contributed by atoms with E-state index in [0.29, 0.717) is 16.9 Å². The lowest BCUT2D eigenvalue weighted by Gasteiger charge is -2.10. The zero-order chi connectivity index (χ0) is 15.4. The summed E-state index contributed by atoms with van der Waals surface area (Å²) in [7, 11) is 1.45. The Morgan fingerprint density at radius 2 is 1.90 bits per heavy atom. The summed E-state index contributed by atoms with van der Waals surface area (Å²) >= 11 is 0. The van der Waals surface area contributed by atoms with Gasteiger partial charge < -0.3 is 10.1 Å². The molecule has 0 aliphatic rings. The molecule has 0 aromatic heterocycles. The number of hydrogen-bond donors (Lipinski definition) is 1. The highest BCUT2D eigenvalue weighted by molar-refractivity contribution is 5.48. The normalized spacial score (nSPS) is 10.0. The van der Waals surface area contributed by atoms with Crippen molar-refractivity contribution in [3.05, 3.63) is 58.9 Å². The van der Waals surface area contributed by atoms with Crippen molar-refractivity contribution >= 4 is 5.69 Å². The van der Waals surface area contributed by atoms with Crippen molar-refractivity contribution in [3.8, 4) is 11.8 Å². The summed E-state index contributed by atoms with van der Waals surface area (Å²) in [5.74, 6) is -3.61. The van der Waals surface area contributed by atoms with E-state index in [4.69, 9.17) is 10.00 Å². The van der Waals surface area contributed by atoms with E-state index in [1.165, 1.54) is 7.11 Å². The highest BCUT2D eigenvalue weighted by Gasteiger charge is 2.13. The van der Waals surface area contributed by atoms with Gasteiger partial charge in [0, 0.05) is 6.54 Å². The third kappa shape index (κ3) is 3.08. The van der Waals surface area contributed by atoms with Crippen molar-refractivity contribution in [3.63, 3.8) is 0 Å². The molecule has 0 saturated carbocycles. The quantitative estimate of drug-likeness (QED) is 0.876. The number of rotatable bonds is 4. The second-order valence-corrected chi connectivity index (χ2v) is 4.22. The Morgan fingerprint density at radius 1 is 1.14 bits per heavy atom. The Morgan fingerprint density at radius 3 is 2.57 bits per heavy atom. The minimum absolute atomic E-state index is 0.150. The van der Waals surface area contributed by atoms with E-state index in [0.717, 1.165) is 12.1 Å². The summed E-state index contributed by atoms with van der Waals surface area (Å²) in [5.41, 5.74) is 0.863. The minimum atomic E-state index is -1.52. The van der Waals surface area contributed by atoms with Gasteiger partial charge in [0.25, 0.3) is 0 Å². The van der Waals surface area contributed by atoms with Gasteiger partial charge in [0.2, 0.25) is 0 Å². The lowest BCUT2D eigenvalue weighted by Crippen LogP contribution is -2.04. The number of halogens is 3. The first-order valence-electron chi connectivity index (χ1n) is 6.01. The molecule has 0 unspecified atom stereocenters. The number of ether oxygens (including phenoxy) is 1. The summed E-state index contributed by atoms with van der Waals surface area (Å²) < 4.78 is 44.4. The fourth-order valence-corrected chi connectivity index (χ4v) is 1.81. The molecule has 0 amide bonds. The molecule has 0 aliphatic heterocycles. The molecule has 0 atom stereocenters. The summed E-state index contributed by atoms with van der Waals surface area (Å²) in [5, 5.41) is 11.6. The van der Waals surface area contributed by atoms with Gasteiger partial charge in [0.05, 0.1) is 18.4 Å². The van der Waals surface area contributed by atoms with Crippen LogP contribution in [0.5, 0.6) is 5.75 Å². The van der Waals surface area contributed by atoms with Gasteiger partial charge >= 0.3 is 0 Å². The molecule has 3 nitrogen and oxygen atoms in total. The summed E-state index contributed by atoms with van der Waals surface area (Å²) in [6, 6.07) is 8.80. The van der Waals surface area contributed by atoms with Crippen molar-refractivity contribution in [2.75, 3.05) is 12.4 Å². The molecule has 0 saturated heterocycles. The van der Waals surface area contributed by atoms with Crippen LogP contribution in [0.2, 0.25) is 0 Å². The molecule has 2 aromatic carbocycles. The molecule has 0 heterocycles. The van der Waals surface area contributed by atoms with Gasteiger partial charge in [-0.2, -0.15) is 5.26 Å². The highest BCUT2D eigenvalue weighted by atomic mass is 19.2. The van der Waals surface area contributed by atoms with E-state index in [1.54, 1.807) is 18.2 Å². The maximum absolute atomic E-state index is 13.5. The van der Waals surface area contributed by atoms with Crippen molar-refractivity contribution in [2.45, 2.75) is 6.54 Å². The second kappa shape index (κ2) is 6.18. The Hall–Kier alpha value is -2.68. The fourth-order valence-electron chi connectivity index (χ4n) is 1.81. The maximum atomic E-state index is 13.5. The minimum Gasteiger partial charge on any atom is -0.495 e. The Bertz CT molecular complexity index is 711. The smallest absolute Gasteiger partial charge is 0.196 e. The lowest BCUT2D eigenvalue weighted by atomic mass is 10.1. The van der Waals surface area contributed by atoms with E-state index in [9.17, 15) is 13.2 Å². The first kappa shape index (κ1) is 14.7. The van der Waals surface area contributed by atoms with E-state index >= 15 is 0 Å². The monoisotopic (exact) mass is 292 g/mol. The van der Waals surface area contributed by atoms with Crippen LogP contribution < -0.4 is 10.1 Å². The van der Waals surface area contributed by atoms with Gasteiger partial charge in [0.1, 0.15) is 11.8 Å². The molecule has 2 aromatic rings. The lowest BCUT2D eigenvalue weighted by molar-refractivity contribution is 0.413. The first-order valence-corrected chi connectivity index (χ1v) is 6.01. The van der Waals surface area contributed by atoms with Gasteiger partial charge in [0.15, 0.2) is 17.5 Å². The molecule has 2 rings (SSSR count). The number of anilines is 1. The summed E-state index contributed by atoms with van der Waals surface area (Å²) in [6.07, 6.45) is 0. The largest absolute Gasteiger partial charge is 0.495 e.